The molecule has 0 spiro atoms. The number of hydrogen-bond donors (Lipinski definition) is 0. The highest BCUT2D eigenvalue weighted by molar-refractivity contribution is 14.1. The predicted octanol–water partition coefficient (Wildman–Crippen LogP) is 3.64. The molecule has 0 fully saturated rings. The maximum absolute atomic E-state index is 12.3. The Hall–Kier alpha value is -1.69. The molecular weight excluding hydrogens is 377 g/mol. The third-order valence-electron chi connectivity index (χ3n) is 3.78. The van der Waals surface area contributed by atoms with Crippen molar-refractivity contribution in [2.75, 3.05) is 4.90 Å². The number of ketones is 1. The minimum Gasteiger partial charge on any atom is -0.300 e. The largest absolute Gasteiger partial charge is 0.300 e. The first-order valence-corrected chi connectivity index (χ1v) is 7.78. The summed E-state index contributed by atoms with van der Waals surface area (Å²) in [4.78, 5) is 26.1. The van der Waals surface area contributed by atoms with Crippen molar-refractivity contribution in [3.05, 3.63) is 62.2 Å². The highest BCUT2D eigenvalue weighted by Gasteiger charge is 2.37. The summed E-state index contributed by atoms with van der Waals surface area (Å²) in [5.41, 5.74) is 4.17. The van der Waals surface area contributed by atoms with E-state index in [4.69, 9.17) is 0 Å². The fourth-order valence-corrected chi connectivity index (χ4v) is 3.04. The van der Waals surface area contributed by atoms with Gasteiger partial charge in [0.15, 0.2) is 0 Å². The fourth-order valence-electron chi connectivity index (χ4n) is 2.68. The average Bonchev–Trinajstić information content (AvgIpc) is 2.71. The summed E-state index contributed by atoms with van der Waals surface area (Å²) < 4.78 is 1.15. The van der Waals surface area contributed by atoms with E-state index in [1.54, 1.807) is 4.90 Å². The van der Waals surface area contributed by atoms with Crippen LogP contribution in [0.1, 0.15) is 27.0 Å². The highest BCUT2D eigenvalue weighted by atomic mass is 127. The fraction of sp³-hybridized carbons (Fsp3) is 0.176. The van der Waals surface area contributed by atoms with Gasteiger partial charge in [0.2, 0.25) is 0 Å². The SMILES string of the molecule is Cc1ccc(C)c2c1C(=O)C(=O)N2Cc1ccc(I)cc1. The van der Waals surface area contributed by atoms with Crippen LogP contribution in [-0.4, -0.2) is 11.7 Å². The van der Waals surface area contributed by atoms with Crippen molar-refractivity contribution in [3.63, 3.8) is 0 Å². The third kappa shape index (κ3) is 2.37. The molecule has 0 atom stereocenters. The maximum Gasteiger partial charge on any atom is 0.299 e. The smallest absolute Gasteiger partial charge is 0.299 e. The zero-order valence-electron chi connectivity index (χ0n) is 11.8. The number of rotatable bonds is 2. The van der Waals surface area contributed by atoms with Crippen molar-refractivity contribution in [2.24, 2.45) is 0 Å². The lowest BCUT2D eigenvalue weighted by Gasteiger charge is -2.19. The Morgan fingerprint density at radius 3 is 2.24 bits per heavy atom. The van der Waals surface area contributed by atoms with E-state index in [0.717, 1.165) is 25.9 Å². The standard InChI is InChI=1S/C17H14INO2/c1-10-3-4-11(2)15-14(10)16(20)17(21)19(15)9-12-5-7-13(18)8-6-12/h3-8H,9H2,1-2H3. The predicted molar refractivity (Wildman–Crippen MR) is 90.6 cm³/mol. The molecule has 21 heavy (non-hydrogen) atoms. The van der Waals surface area contributed by atoms with E-state index in [0.29, 0.717) is 12.1 Å². The van der Waals surface area contributed by atoms with Gasteiger partial charge < -0.3 is 4.90 Å². The summed E-state index contributed by atoms with van der Waals surface area (Å²) in [5.74, 6) is -0.822. The summed E-state index contributed by atoms with van der Waals surface area (Å²) in [5, 5.41) is 0. The second-order valence-corrected chi connectivity index (χ2v) is 6.52. The molecule has 0 radical (unpaired) electrons. The van der Waals surface area contributed by atoms with Crippen LogP contribution in [-0.2, 0) is 11.3 Å². The van der Waals surface area contributed by atoms with Crippen molar-refractivity contribution < 1.29 is 9.59 Å². The molecule has 4 heteroatoms. The van der Waals surface area contributed by atoms with Crippen molar-refractivity contribution in [1.82, 2.24) is 0 Å². The Morgan fingerprint density at radius 2 is 1.57 bits per heavy atom. The number of aryl methyl sites for hydroxylation is 2. The lowest BCUT2D eigenvalue weighted by atomic mass is 10.0. The Morgan fingerprint density at radius 1 is 0.952 bits per heavy atom. The van der Waals surface area contributed by atoms with Gasteiger partial charge in [-0.15, -0.1) is 0 Å². The van der Waals surface area contributed by atoms with Gasteiger partial charge in [0.25, 0.3) is 11.7 Å². The Balaban J connectivity index is 2.05. The van der Waals surface area contributed by atoms with E-state index < -0.39 is 11.7 Å². The van der Waals surface area contributed by atoms with Crippen molar-refractivity contribution in [1.29, 1.82) is 0 Å². The van der Waals surface area contributed by atoms with Gasteiger partial charge in [-0.2, -0.15) is 0 Å². The molecule has 1 heterocycles. The van der Waals surface area contributed by atoms with E-state index in [1.165, 1.54) is 0 Å². The number of carbonyl (C=O) groups excluding carboxylic acids is 2. The first-order chi connectivity index (χ1) is 9.99. The summed E-state index contributed by atoms with van der Waals surface area (Å²) in [6.07, 6.45) is 0. The van der Waals surface area contributed by atoms with Gasteiger partial charge in [0, 0.05) is 3.57 Å². The highest BCUT2D eigenvalue weighted by Crippen LogP contribution is 2.35. The molecule has 0 N–H and O–H groups in total. The van der Waals surface area contributed by atoms with Gasteiger partial charge in [-0.3, -0.25) is 9.59 Å². The second kappa shape index (κ2) is 5.26. The quantitative estimate of drug-likeness (QED) is 0.579. The zero-order valence-corrected chi connectivity index (χ0v) is 14.0. The number of nitrogens with zero attached hydrogens (tertiary/aromatic N) is 1. The molecular formula is C17H14INO2. The minimum atomic E-state index is -0.430. The van der Waals surface area contributed by atoms with Gasteiger partial charge in [0.1, 0.15) is 0 Å². The Kier molecular flexibility index (Phi) is 3.57. The number of Topliss-reactive ketones (excluding diaryl/α,β-unsaturated/α-hetero) is 1. The van der Waals surface area contributed by atoms with Gasteiger partial charge in [-0.05, 0) is 65.3 Å². The molecule has 0 unspecified atom stereocenters. The van der Waals surface area contributed by atoms with Gasteiger partial charge in [-0.1, -0.05) is 24.3 Å². The van der Waals surface area contributed by atoms with Crippen molar-refractivity contribution in [2.45, 2.75) is 20.4 Å². The molecule has 2 aromatic rings. The maximum atomic E-state index is 12.3. The van der Waals surface area contributed by atoms with E-state index >= 15 is 0 Å². The summed E-state index contributed by atoms with van der Waals surface area (Å²) in [7, 11) is 0. The average molecular weight is 391 g/mol. The van der Waals surface area contributed by atoms with Crippen molar-refractivity contribution >= 4 is 40.0 Å². The summed E-state index contributed by atoms with van der Waals surface area (Å²) >= 11 is 2.24. The van der Waals surface area contributed by atoms with Crippen LogP contribution in [0.5, 0.6) is 0 Å². The molecule has 3 nitrogen and oxygen atoms in total. The molecule has 0 aromatic heterocycles. The number of amides is 1. The van der Waals surface area contributed by atoms with Gasteiger partial charge >= 0.3 is 0 Å². The second-order valence-electron chi connectivity index (χ2n) is 5.27. The molecule has 3 rings (SSSR count). The molecule has 0 saturated heterocycles. The van der Waals surface area contributed by atoms with Gasteiger partial charge in [0.05, 0.1) is 17.8 Å². The Bertz CT molecular complexity index is 750. The summed E-state index contributed by atoms with van der Waals surface area (Å²) in [6.45, 7) is 4.24. The number of anilines is 1. The van der Waals surface area contributed by atoms with E-state index in [-0.39, 0.29) is 0 Å². The van der Waals surface area contributed by atoms with Crippen molar-refractivity contribution in [3.8, 4) is 0 Å². The van der Waals surface area contributed by atoms with Crippen LogP contribution in [0.15, 0.2) is 36.4 Å². The lowest BCUT2D eigenvalue weighted by Crippen LogP contribution is -2.29. The molecule has 1 aliphatic heterocycles. The number of halogens is 1. The normalized spacial score (nSPS) is 13.8. The molecule has 0 bridgehead atoms. The van der Waals surface area contributed by atoms with Crippen LogP contribution in [0, 0.1) is 17.4 Å². The minimum absolute atomic E-state index is 0.392. The first kappa shape index (κ1) is 14.3. The van der Waals surface area contributed by atoms with E-state index in [2.05, 4.69) is 22.6 Å². The molecule has 1 aliphatic rings. The molecule has 106 valence electrons. The molecule has 0 aliphatic carbocycles. The molecule has 1 amide bonds. The molecule has 2 aromatic carbocycles. The monoisotopic (exact) mass is 391 g/mol. The number of benzene rings is 2. The third-order valence-corrected chi connectivity index (χ3v) is 4.50. The number of fused-ring (bicyclic) bond motifs is 1. The van der Waals surface area contributed by atoms with Crippen LogP contribution in [0.25, 0.3) is 0 Å². The first-order valence-electron chi connectivity index (χ1n) is 6.70. The number of carbonyl (C=O) groups is 2. The van der Waals surface area contributed by atoms with Crippen LogP contribution in [0.3, 0.4) is 0 Å². The van der Waals surface area contributed by atoms with Crippen LogP contribution in [0.4, 0.5) is 5.69 Å². The van der Waals surface area contributed by atoms with Crippen LogP contribution < -0.4 is 4.90 Å². The molecule has 0 saturated carbocycles. The zero-order chi connectivity index (χ0) is 15.1. The van der Waals surface area contributed by atoms with Gasteiger partial charge in [-0.25, -0.2) is 0 Å². The topological polar surface area (TPSA) is 37.4 Å². The Labute approximate surface area is 137 Å². The van der Waals surface area contributed by atoms with Crippen LogP contribution in [0.2, 0.25) is 0 Å². The number of hydrogen-bond acceptors (Lipinski definition) is 2. The van der Waals surface area contributed by atoms with E-state index in [9.17, 15) is 9.59 Å². The summed E-state index contributed by atoms with van der Waals surface area (Å²) in [6, 6.07) is 11.8. The lowest BCUT2D eigenvalue weighted by molar-refractivity contribution is -0.114. The van der Waals surface area contributed by atoms with Crippen LogP contribution >= 0.6 is 22.6 Å². The van der Waals surface area contributed by atoms with E-state index in [1.807, 2.05) is 50.2 Å².